The smallest absolute Gasteiger partial charge is 0.347 e. The maximum absolute atomic E-state index is 13.7. The normalized spacial score (nSPS) is 12.9. The molecule has 0 aliphatic carbocycles. The Morgan fingerprint density at radius 2 is 1.59 bits per heavy atom. The number of fused-ring (bicyclic) bond motifs is 1. The van der Waals surface area contributed by atoms with Gasteiger partial charge in [0.05, 0.1) is 21.2 Å². The molecule has 1 heterocycles. The summed E-state index contributed by atoms with van der Waals surface area (Å²) >= 11 is 7.80. The minimum Gasteiger partial charge on any atom is -0.391 e. The van der Waals surface area contributed by atoms with Crippen LogP contribution in [0.3, 0.4) is 0 Å². The number of nitrogens with zero attached hydrogens (tertiary/aromatic N) is 1. The Labute approximate surface area is 239 Å². The number of benzene rings is 3. The Hall–Kier alpha value is -3.06. The highest BCUT2D eigenvalue weighted by molar-refractivity contribution is 7.22. The number of esters is 2. The predicted molar refractivity (Wildman–Crippen MR) is 159 cm³/mol. The summed E-state index contributed by atoms with van der Waals surface area (Å²) in [6.45, 7) is 14.7. The number of halogens is 1. The third kappa shape index (κ3) is 6.57. The minimum atomic E-state index is -1.14. The number of hydrogen-bond donors (Lipinski definition) is 0. The van der Waals surface area contributed by atoms with E-state index in [-0.39, 0.29) is 0 Å². The van der Waals surface area contributed by atoms with Gasteiger partial charge < -0.3 is 9.47 Å². The molecule has 7 heteroatoms. The standard InChI is InChI=1S/C32H34ClNO4S/c1-18-10-9-11-21(16-18)28-34-23-17-19(2)24(25(27(23)39-28)20-12-14-22(33)15-13-20)26(38-32(6,7)8)29(35)37-30(36)31(3,4)5/h9-17,26H,1-8H3/t26-/m0/s1. The molecule has 0 aliphatic rings. The largest absolute Gasteiger partial charge is 0.391 e. The predicted octanol–water partition coefficient (Wildman–Crippen LogP) is 8.87. The third-order valence-electron chi connectivity index (χ3n) is 6.08. The summed E-state index contributed by atoms with van der Waals surface area (Å²) in [4.78, 5) is 31.4. The summed E-state index contributed by atoms with van der Waals surface area (Å²) in [5, 5.41) is 1.48. The van der Waals surface area contributed by atoms with Crippen molar-refractivity contribution in [3.8, 4) is 21.7 Å². The van der Waals surface area contributed by atoms with Gasteiger partial charge in [-0.25, -0.2) is 9.78 Å². The zero-order valence-corrected chi connectivity index (χ0v) is 25.2. The van der Waals surface area contributed by atoms with E-state index in [1.807, 2.05) is 70.2 Å². The van der Waals surface area contributed by atoms with Crippen molar-refractivity contribution in [1.29, 1.82) is 0 Å². The summed E-state index contributed by atoms with van der Waals surface area (Å²) in [7, 11) is 0. The molecule has 0 aliphatic heterocycles. The van der Waals surface area contributed by atoms with Gasteiger partial charge in [-0.1, -0.05) is 47.5 Å². The first kappa shape index (κ1) is 28.9. The van der Waals surface area contributed by atoms with E-state index in [0.29, 0.717) is 10.6 Å². The average Bonchev–Trinajstić information content (AvgIpc) is 3.25. The first-order chi connectivity index (χ1) is 18.1. The van der Waals surface area contributed by atoms with Crippen LogP contribution in [0.25, 0.3) is 31.9 Å². The van der Waals surface area contributed by atoms with Crippen LogP contribution in [0, 0.1) is 19.3 Å². The highest BCUT2D eigenvalue weighted by Crippen LogP contribution is 2.44. The first-order valence-corrected chi connectivity index (χ1v) is 14.0. The van der Waals surface area contributed by atoms with E-state index < -0.39 is 29.1 Å². The number of thiazole rings is 1. The van der Waals surface area contributed by atoms with E-state index in [4.69, 9.17) is 26.1 Å². The molecule has 0 saturated heterocycles. The summed E-state index contributed by atoms with van der Waals surface area (Å²) in [6, 6.07) is 17.7. The first-order valence-electron chi connectivity index (χ1n) is 12.8. The van der Waals surface area contributed by atoms with Gasteiger partial charge in [0, 0.05) is 21.7 Å². The maximum Gasteiger partial charge on any atom is 0.347 e. The molecule has 0 amide bonds. The molecule has 0 spiro atoms. The Morgan fingerprint density at radius 1 is 0.923 bits per heavy atom. The van der Waals surface area contributed by atoms with Crippen molar-refractivity contribution in [3.05, 3.63) is 76.3 Å². The summed E-state index contributed by atoms with van der Waals surface area (Å²) in [6.07, 6.45) is -1.14. The van der Waals surface area contributed by atoms with Gasteiger partial charge in [0.2, 0.25) is 0 Å². The molecule has 39 heavy (non-hydrogen) atoms. The number of carbonyl (C=O) groups is 2. The third-order valence-corrected chi connectivity index (χ3v) is 7.47. The second-order valence-corrected chi connectivity index (χ2v) is 13.2. The summed E-state index contributed by atoms with van der Waals surface area (Å²) in [5.41, 5.74) is 4.56. The van der Waals surface area contributed by atoms with Crippen LogP contribution in [-0.4, -0.2) is 22.5 Å². The van der Waals surface area contributed by atoms with E-state index >= 15 is 0 Å². The minimum absolute atomic E-state index is 0.603. The molecule has 0 fully saturated rings. The van der Waals surface area contributed by atoms with Gasteiger partial charge in [0.1, 0.15) is 5.01 Å². The van der Waals surface area contributed by atoms with Crippen LogP contribution < -0.4 is 0 Å². The molecular weight excluding hydrogens is 530 g/mol. The van der Waals surface area contributed by atoms with Gasteiger partial charge in [-0.15, -0.1) is 11.3 Å². The van der Waals surface area contributed by atoms with E-state index in [1.54, 1.807) is 32.1 Å². The lowest BCUT2D eigenvalue weighted by Gasteiger charge is -2.29. The fourth-order valence-electron chi connectivity index (χ4n) is 4.23. The lowest BCUT2D eigenvalue weighted by atomic mass is 9.91. The van der Waals surface area contributed by atoms with Crippen molar-refractivity contribution < 1.29 is 19.1 Å². The van der Waals surface area contributed by atoms with Gasteiger partial charge in [-0.3, -0.25) is 4.79 Å². The van der Waals surface area contributed by atoms with E-state index in [1.165, 1.54) is 0 Å². The highest BCUT2D eigenvalue weighted by Gasteiger charge is 2.36. The van der Waals surface area contributed by atoms with Crippen molar-refractivity contribution in [2.24, 2.45) is 5.41 Å². The van der Waals surface area contributed by atoms with Crippen LogP contribution in [0.4, 0.5) is 0 Å². The van der Waals surface area contributed by atoms with Gasteiger partial charge in [-0.05, 0) is 90.8 Å². The molecule has 1 aromatic heterocycles. The fourth-order valence-corrected chi connectivity index (χ4v) is 5.48. The van der Waals surface area contributed by atoms with Crippen molar-refractivity contribution in [1.82, 2.24) is 4.98 Å². The molecule has 0 radical (unpaired) electrons. The van der Waals surface area contributed by atoms with Gasteiger partial charge in [-0.2, -0.15) is 0 Å². The lowest BCUT2D eigenvalue weighted by Crippen LogP contribution is -2.33. The molecular formula is C32H34ClNO4S. The monoisotopic (exact) mass is 563 g/mol. The van der Waals surface area contributed by atoms with Crippen molar-refractivity contribution in [2.75, 3.05) is 0 Å². The van der Waals surface area contributed by atoms with E-state index in [0.717, 1.165) is 43.0 Å². The SMILES string of the molecule is Cc1cccc(-c2nc3cc(C)c([C@H](OC(C)(C)C)C(=O)OC(=O)C(C)(C)C)c(-c4ccc(Cl)cc4)c3s2)c1. The molecule has 4 aromatic rings. The highest BCUT2D eigenvalue weighted by atomic mass is 35.5. The van der Waals surface area contributed by atoms with E-state index in [2.05, 4.69) is 19.1 Å². The molecule has 4 rings (SSSR count). The Balaban J connectivity index is 2.00. The molecule has 1 atom stereocenters. The Bertz CT molecular complexity index is 1540. The van der Waals surface area contributed by atoms with Crippen LogP contribution >= 0.6 is 22.9 Å². The van der Waals surface area contributed by atoms with Gasteiger partial charge in [0.25, 0.3) is 0 Å². The topological polar surface area (TPSA) is 65.5 Å². The molecule has 0 saturated carbocycles. The van der Waals surface area contributed by atoms with Crippen LogP contribution in [0.2, 0.25) is 5.02 Å². The van der Waals surface area contributed by atoms with Crippen molar-refractivity contribution in [2.45, 2.75) is 67.1 Å². The molecule has 204 valence electrons. The molecule has 3 aromatic carbocycles. The second-order valence-electron chi connectivity index (χ2n) is 11.8. The average molecular weight is 564 g/mol. The number of aromatic nitrogens is 1. The van der Waals surface area contributed by atoms with Crippen LogP contribution in [0.5, 0.6) is 0 Å². The number of aryl methyl sites for hydroxylation is 2. The fraction of sp³-hybridized carbons (Fsp3) is 0.344. The molecule has 0 bridgehead atoms. The van der Waals surface area contributed by atoms with Crippen molar-refractivity contribution >= 4 is 45.1 Å². The number of rotatable bonds is 5. The van der Waals surface area contributed by atoms with Crippen molar-refractivity contribution in [3.63, 3.8) is 0 Å². The number of ether oxygens (including phenoxy) is 2. The summed E-state index contributed by atoms with van der Waals surface area (Å²) in [5.74, 6) is -1.35. The molecule has 0 N–H and O–H groups in total. The zero-order chi connectivity index (χ0) is 28.7. The quantitative estimate of drug-likeness (QED) is 0.179. The van der Waals surface area contributed by atoms with Crippen LogP contribution in [0.15, 0.2) is 54.6 Å². The van der Waals surface area contributed by atoms with E-state index in [9.17, 15) is 9.59 Å². The van der Waals surface area contributed by atoms with Crippen LogP contribution in [-0.2, 0) is 19.1 Å². The Kier molecular flexibility index (Phi) is 8.04. The molecule has 5 nitrogen and oxygen atoms in total. The zero-order valence-electron chi connectivity index (χ0n) is 23.6. The van der Waals surface area contributed by atoms with Gasteiger partial charge in [0.15, 0.2) is 6.10 Å². The lowest BCUT2D eigenvalue weighted by molar-refractivity contribution is -0.179. The summed E-state index contributed by atoms with van der Waals surface area (Å²) < 4.78 is 12.7. The van der Waals surface area contributed by atoms with Gasteiger partial charge >= 0.3 is 11.9 Å². The van der Waals surface area contributed by atoms with Crippen LogP contribution in [0.1, 0.15) is 64.3 Å². The molecule has 0 unspecified atom stereocenters. The number of hydrogen-bond acceptors (Lipinski definition) is 6. The Morgan fingerprint density at radius 3 is 2.18 bits per heavy atom. The second kappa shape index (κ2) is 10.8. The maximum atomic E-state index is 13.7. The number of carbonyl (C=O) groups excluding carboxylic acids is 2.